The molecule has 0 aromatic heterocycles. The largest absolute Gasteiger partial charge is 0.481 e. The Labute approximate surface area is 112 Å². The number of amides is 2. The fourth-order valence-corrected chi connectivity index (χ4v) is 1.38. The zero-order valence-corrected chi connectivity index (χ0v) is 11.9. The number of carbonyl (C=O) groups excluding carboxylic acids is 2. The van der Waals surface area contributed by atoms with Crippen molar-refractivity contribution < 1.29 is 24.2 Å². The van der Waals surface area contributed by atoms with Crippen molar-refractivity contribution in [3.05, 3.63) is 0 Å². The van der Waals surface area contributed by atoms with Crippen LogP contribution in [0.25, 0.3) is 0 Å². The summed E-state index contributed by atoms with van der Waals surface area (Å²) in [6.45, 7) is 7.59. The number of carboxylic acids is 1. The molecule has 0 spiro atoms. The van der Waals surface area contributed by atoms with Crippen LogP contribution in [0.4, 0.5) is 4.79 Å². The maximum atomic E-state index is 11.6. The third-order valence-corrected chi connectivity index (χ3v) is 2.40. The van der Waals surface area contributed by atoms with E-state index in [1.165, 1.54) is 0 Å². The summed E-state index contributed by atoms with van der Waals surface area (Å²) >= 11 is 0. The fraction of sp³-hybridized carbons (Fsp3) is 0.750. The Bertz CT molecular complexity index is 336. The minimum Gasteiger partial charge on any atom is -0.481 e. The molecule has 0 aromatic carbocycles. The third-order valence-electron chi connectivity index (χ3n) is 2.40. The Hall–Kier alpha value is -1.63. The quantitative estimate of drug-likeness (QED) is 0.745. The fourth-order valence-electron chi connectivity index (χ4n) is 1.38. The lowest BCUT2D eigenvalue weighted by Gasteiger charge is -2.34. The van der Waals surface area contributed by atoms with E-state index in [4.69, 9.17) is 5.11 Å². The molecule has 0 saturated heterocycles. The first kappa shape index (κ1) is 17.4. The minimum atomic E-state index is -0.931. The highest BCUT2D eigenvalue weighted by Gasteiger charge is 2.24. The second-order valence-corrected chi connectivity index (χ2v) is 5.00. The van der Waals surface area contributed by atoms with E-state index in [-0.39, 0.29) is 31.7 Å². The van der Waals surface area contributed by atoms with Gasteiger partial charge >= 0.3 is 12.1 Å². The molecule has 0 atom stereocenters. The molecule has 0 saturated carbocycles. The number of hydrogen-bond donors (Lipinski definition) is 2. The van der Waals surface area contributed by atoms with Crippen molar-refractivity contribution in [3.8, 4) is 0 Å². The first-order valence-electron chi connectivity index (χ1n) is 6.10. The highest BCUT2D eigenvalue weighted by molar-refractivity contribution is 5.92. The van der Waals surface area contributed by atoms with Crippen LogP contribution in [0, 0.1) is 0 Å². The van der Waals surface area contributed by atoms with Gasteiger partial charge in [0.15, 0.2) is 0 Å². The normalized spacial score (nSPS) is 11.2. The lowest BCUT2D eigenvalue weighted by Crippen LogP contribution is -2.49. The van der Waals surface area contributed by atoms with Crippen LogP contribution in [0.1, 0.15) is 34.1 Å². The molecular formula is C12H22N2O5. The van der Waals surface area contributed by atoms with Gasteiger partial charge in [-0.05, 0) is 27.7 Å². The zero-order chi connectivity index (χ0) is 15.1. The molecule has 0 aromatic rings. The summed E-state index contributed by atoms with van der Waals surface area (Å²) in [5, 5.41) is 10.8. The van der Waals surface area contributed by atoms with Gasteiger partial charge in [-0.25, -0.2) is 4.79 Å². The molecule has 0 aliphatic rings. The molecule has 19 heavy (non-hydrogen) atoms. The number of aliphatic carboxylic acids is 1. The third kappa shape index (κ3) is 8.15. The summed E-state index contributed by atoms with van der Waals surface area (Å²) in [6, 6.07) is 0. The SMILES string of the molecule is CCOC(=O)NC(=O)CN(CCC(=O)O)C(C)(C)C. The molecule has 0 radical (unpaired) electrons. The molecule has 7 nitrogen and oxygen atoms in total. The smallest absolute Gasteiger partial charge is 0.413 e. The molecule has 0 rings (SSSR count). The number of nitrogens with one attached hydrogen (secondary N) is 1. The second-order valence-electron chi connectivity index (χ2n) is 5.00. The first-order chi connectivity index (χ1) is 8.66. The number of carboxylic acid groups (broad SMARTS) is 1. The van der Waals surface area contributed by atoms with Gasteiger partial charge in [0.2, 0.25) is 5.91 Å². The Kier molecular flexibility index (Phi) is 7.06. The summed E-state index contributed by atoms with van der Waals surface area (Å²) in [5.41, 5.74) is -0.374. The van der Waals surface area contributed by atoms with Crippen LogP contribution >= 0.6 is 0 Å². The van der Waals surface area contributed by atoms with Crippen LogP contribution in [0.15, 0.2) is 0 Å². The molecule has 0 fully saturated rings. The molecule has 0 heterocycles. The van der Waals surface area contributed by atoms with Gasteiger partial charge in [0.1, 0.15) is 0 Å². The number of nitrogens with zero attached hydrogens (tertiary/aromatic N) is 1. The Balaban J connectivity index is 4.43. The number of hydrogen-bond acceptors (Lipinski definition) is 5. The van der Waals surface area contributed by atoms with E-state index in [0.29, 0.717) is 0 Å². The van der Waals surface area contributed by atoms with Crippen molar-refractivity contribution in [1.29, 1.82) is 0 Å². The number of imide groups is 1. The molecule has 0 aliphatic carbocycles. The number of carbonyl (C=O) groups is 3. The lowest BCUT2D eigenvalue weighted by atomic mass is 10.1. The highest BCUT2D eigenvalue weighted by atomic mass is 16.5. The highest BCUT2D eigenvalue weighted by Crippen LogP contribution is 2.13. The van der Waals surface area contributed by atoms with E-state index in [1.807, 2.05) is 20.8 Å². The maximum absolute atomic E-state index is 11.6. The minimum absolute atomic E-state index is 0.0599. The van der Waals surface area contributed by atoms with E-state index >= 15 is 0 Å². The Morgan fingerprint density at radius 1 is 1.26 bits per heavy atom. The monoisotopic (exact) mass is 274 g/mol. The van der Waals surface area contributed by atoms with Crippen molar-refractivity contribution in [2.24, 2.45) is 0 Å². The lowest BCUT2D eigenvalue weighted by molar-refractivity contribution is -0.138. The molecule has 110 valence electrons. The number of alkyl carbamates (subject to hydrolysis) is 1. The van der Waals surface area contributed by atoms with Crippen LogP contribution in [-0.2, 0) is 14.3 Å². The van der Waals surface area contributed by atoms with Gasteiger partial charge in [-0.1, -0.05) is 0 Å². The van der Waals surface area contributed by atoms with Gasteiger partial charge in [0.25, 0.3) is 0 Å². The summed E-state index contributed by atoms with van der Waals surface area (Å²) in [5.74, 6) is -1.45. The zero-order valence-electron chi connectivity index (χ0n) is 11.9. The van der Waals surface area contributed by atoms with E-state index < -0.39 is 18.0 Å². The van der Waals surface area contributed by atoms with Crippen molar-refractivity contribution in [2.45, 2.75) is 39.7 Å². The first-order valence-corrected chi connectivity index (χ1v) is 6.10. The van der Waals surface area contributed by atoms with Crippen LogP contribution < -0.4 is 5.32 Å². The number of rotatable bonds is 6. The van der Waals surface area contributed by atoms with E-state index in [1.54, 1.807) is 11.8 Å². The maximum Gasteiger partial charge on any atom is 0.413 e. The van der Waals surface area contributed by atoms with E-state index in [2.05, 4.69) is 10.1 Å². The van der Waals surface area contributed by atoms with Crippen molar-refractivity contribution in [1.82, 2.24) is 10.2 Å². The van der Waals surface area contributed by atoms with Crippen molar-refractivity contribution in [3.63, 3.8) is 0 Å². The van der Waals surface area contributed by atoms with E-state index in [0.717, 1.165) is 0 Å². The summed E-state index contributed by atoms with van der Waals surface area (Å²) in [4.78, 5) is 35.0. The van der Waals surface area contributed by atoms with Crippen LogP contribution in [0.5, 0.6) is 0 Å². The molecule has 0 aliphatic heterocycles. The average Bonchev–Trinajstić information content (AvgIpc) is 2.22. The standard InChI is InChI=1S/C12H22N2O5/c1-5-19-11(18)13-9(15)8-14(12(2,3)4)7-6-10(16)17/h5-8H2,1-4H3,(H,16,17)(H,13,15,18). The molecular weight excluding hydrogens is 252 g/mol. The van der Waals surface area contributed by atoms with Crippen LogP contribution in [0.3, 0.4) is 0 Å². The Morgan fingerprint density at radius 3 is 2.26 bits per heavy atom. The van der Waals surface area contributed by atoms with Crippen molar-refractivity contribution >= 4 is 18.0 Å². The van der Waals surface area contributed by atoms with Crippen LogP contribution in [0.2, 0.25) is 0 Å². The second kappa shape index (κ2) is 7.73. The molecule has 7 heteroatoms. The summed E-state index contributed by atoms with van der Waals surface area (Å²) in [7, 11) is 0. The van der Waals surface area contributed by atoms with Gasteiger partial charge < -0.3 is 9.84 Å². The van der Waals surface area contributed by atoms with Gasteiger partial charge in [-0.2, -0.15) is 0 Å². The Morgan fingerprint density at radius 2 is 1.84 bits per heavy atom. The molecule has 2 amide bonds. The molecule has 0 bridgehead atoms. The predicted octanol–water partition coefficient (Wildman–Crippen LogP) is 0.834. The summed E-state index contributed by atoms with van der Waals surface area (Å²) < 4.78 is 4.59. The van der Waals surface area contributed by atoms with Gasteiger partial charge in [0.05, 0.1) is 19.6 Å². The molecule has 0 unspecified atom stereocenters. The van der Waals surface area contributed by atoms with E-state index in [9.17, 15) is 14.4 Å². The van der Waals surface area contributed by atoms with Gasteiger partial charge in [-0.3, -0.25) is 19.8 Å². The molecule has 2 N–H and O–H groups in total. The van der Waals surface area contributed by atoms with Crippen molar-refractivity contribution in [2.75, 3.05) is 19.7 Å². The van der Waals surface area contributed by atoms with Gasteiger partial charge in [0, 0.05) is 12.1 Å². The predicted molar refractivity (Wildman–Crippen MR) is 68.7 cm³/mol. The van der Waals surface area contributed by atoms with Gasteiger partial charge in [-0.15, -0.1) is 0 Å². The average molecular weight is 274 g/mol. The topological polar surface area (TPSA) is 95.9 Å². The number of ether oxygens (including phenoxy) is 1. The summed E-state index contributed by atoms with van der Waals surface area (Å²) in [6.07, 6.45) is -0.858. The van der Waals surface area contributed by atoms with Crippen LogP contribution in [-0.4, -0.2) is 53.2 Å².